The van der Waals surface area contributed by atoms with Crippen molar-refractivity contribution in [2.24, 2.45) is 5.73 Å². The minimum atomic E-state index is 0.681. The Morgan fingerprint density at radius 1 is 0.875 bits per heavy atom. The molecule has 0 unspecified atom stereocenters. The van der Waals surface area contributed by atoms with Gasteiger partial charge in [0.2, 0.25) is 0 Å². The number of benzene rings is 2. The number of rotatable bonds is 8. The van der Waals surface area contributed by atoms with Gasteiger partial charge in [-0.05, 0) is 35.7 Å². The van der Waals surface area contributed by atoms with E-state index >= 15 is 0 Å². The van der Waals surface area contributed by atoms with Gasteiger partial charge in [0.05, 0.1) is 5.69 Å². The molecule has 2 N–H and O–H groups in total. The molecule has 0 saturated carbocycles. The molecule has 24 heavy (non-hydrogen) atoms. The maximum atomic E-state index is 5.79. The van der Waals surface area contributed by atoms with Gasteiger partial charge in [-0.2, -0.15) is 5.10 Å². The average molecular weight is 320 g/mol. The lowest BCUT2D eigenvalue weighted by Gasteiger charge is -2.22. The maximum absolute atomic E-state index is 5.79. The zero-order valence-electron chi connectivity index (χ0n) is 13.9. The number of hydrogen-bond donors (Lipinski definition) is 1. The van der Waals surface area contributed by atoms with E-state index in [2.05, 4.69) is 64.6 Å². The first-order chi connectivity index (χ1) is 11.8. The molecule has 3 rings (SSSR count). The Kier molecular flexibility index (Phi) is 5.77. The van der Waals surface area contributed by atoms with Gasteiger partial charge in [-0.25, -0.2) is 4.68 Å². The lowest BCUT2D eigenvalue weighted by atomic mass is 10.1. The molecule has 0 amide bonds. The Hall–Kier alpha value is -2.43. The quantitative estimate of drug-likeness (QED) is 0.694. The smallest absolute Gasteiger partial charge is 0.0645 e. The van der Waals surface area contributed by atoms with Gasteiger partial charge in [-0.3, -0.25) is 4.90 Å². The lowest BCUT2D eigenvalue weighted by molar-refractivity contribution is 0.276. The molecule has 0 aliphatic heterocycles. The molecule has 0 spiro atoms. The van der Waals surface area contributed by atoms with Gasteiger partial charge in [0.15, 0.2) is 0 Å². The summed E-state index contributed by atoms with van der Waals surface area (Å²) < 4.78 is 1.87. The summed E-state index contributed by atoms with van der Waals surface area (Å²) in [5.41, 5.74) is 9.54. The van der Waals surface area contributed by atoms with E-state index in [1.807, 2.05) is 16.9 Å². The molecule has 124 valence electrons. The second kappa shape index (κ2) is 8.43. The first-order valence-electron chi connectivity index (χ1n) is 8.40. The van der Waals surface area contributed by atoms with Crippen LogP contribution in [0.4, 0.5) is 0 Å². The largest absolute Gasteiger partial charge is 0.329 e. The van der Waals surface area contributed by atoms with Gasteiger partial charge in [0, 0.05) is 38.6 Å². The fourth-order valence-corrected chi connectivity index (χ4v) is 2.82. The highest BCUT2D eigenvalue weighted by Gasteiger charge is 2.06. The third-order valence-corrected chi connectivity index (χ3v) is 4.12. The Morgan fingerprint density at radius 2 is 1.67 bits per heavy atom. The van der Waals surface area contributed by atoms with Gasteiger partial charge in [-0.1, -0.05) is 42.5 Å². The minimum Gasteiger partial charge on any atom is -0.329 e. The van der Waals surface area contributed by atoms with Crippen molar-refractivity contribution in [2.45, 2.75) is 13.0 Å². The summed E-state index contributed by atoms with van der Waals surface area (Å²) in [5.74, 6) is 0. The van der Waals surface area contributed by atoms with E-state index in [-0.39, 0.29) is 0 Å². The van der Waals surface area contributed by atoms with Gasteiger partial charge >= 0.3 is 0 Å². The van der Waals surface area contributed by atoms with Crippen molar-refractivity contribution in [1.29, 1.82) is 0 Å². The predicted molar refractivity (Wildman–Crippen MR) is 98.0 cm³/mol. The van der Waals surface area contributed by atoms with Crippen LogP contribution in [-0.2, 0) is 13.0 Å². The van der Waals surface area contributed by atoms with E-state index in [0.29, 0.717) is 6.54 Å². The molecule has 0 aliphatic carbocycles. The third-order valence-electron chi connectivity index (χ3n) is 4.12. The van der Waals surface area contributed by atoms with Crippen molar-refractivity contribution in [1.82, 2.24) is 14.7 Å². The van der Waals surface area contributed by atoms with Crippen molar-refractivity contribution < 1.29 is 0 Å². The molecule has 0 aliphatic rings. The number of nitrogens with zero attached hydrogens (tertiary/aromatic N) is 3. The zero-order valence-corrected chi connectivity index (χ0v) is 13.9. The summed E-state index contributed by atoms with van der Waals surface area (Å²) >= 11 is 0. The Balaban J connectivity index is 1.60. The summed E-state index contributed by atoms with van der Waals surface area (Å²) in [7, 11) is 0. The average Bonchev–Trinajstić information content (AvgIpc) is 3.16. The van der Waals surface area contributed by atoms with E-state index < -0.39 is 0 Å². The molecular formula is C20H24N4. The molecule has 2 aromatic carbocycles. The highest BCUT2D eigenvalue weighted by molar-refractivity contribution is 5.33. The van der Waals surface area contributed by atoms with Crippen LogP contribution in [0.3, 0.4) is 0 Å². The summed E-state index contributed by atoms with van der Waals surface area (Å²) in [6.45, 7) is 3.53. The third kappa shape index (κ3) is 4.54. The van der Waals surface area contributed by atoms with Crippen molar-refractivity contribution in [3.63, 3.8) is 0 Å². The van der Waals surface area contributed by atoms with Crippen LogP contribution in [0.5, 0.6) is 0 Å². The summed E-state index contributed by atoms with van der Waals surface area (Å²) in [6.07, 6.45) is 4.79. The molecule has 1 aromatic heterocycles. The number of aromatic nitrogens is 2. The molecule has 4 heteroatoms. The standard InChI is InChI=1S/C20H24N4/c21-12-16-23(15-11-18-5-2-1-3-6-18)17-19-7-9-20(10-8-19)24-14-4-13-22-24/h1-10,13-14H,11-12,15-17,21H2. The predicted octanol–water partition coefficient (Wildman–Crippen LogP) is 2.88. The summed E-state index contributed by atoms with van der Waals surface area (Å²) in [5, 5.41) is 4.26. The fraction of sp³-hybridized carbons (Fsp3) is 0.250. The Bertz CT molecular complexity index is 705. The van der Waals surface area contributed by atoms with E-state index in [9.17, 15) is 0 Å². The summed E-state index contributed by atoms with van der Waals surface area (Å²) in [6, 6.07) is 21.1. The maximum Gasteiger partial charge on any atom is 0.0645 e. The second-order valence-corrected chi connectivity index (χ2v) is 5.92. The topological polar surface area (TPSA) is 47.1 Å². The Morgan fingerprint density at radius 3 is 2.33 bits per heavy atom. The van der Waals surface area contributed by atoms with Gasteiger partial charge in [-0.15, -0.1) is 0 Å². The van der Waals surface area contributed by atoms with Gasteiger partial charge in [0.25, 0.3) is 0 Å². The van der Waals surface area contributed by atoms with E-state index in [1.54, 1.807) is 6.20 Å². The fourth-order valence-electron chi connectivity index (χ4n) is 2.82. The van der Waals surface area contributed by atoms with Crippen LogP contribution in [0, 0.1) is 0 Å². The SMILES string of the molecule is NCCN(CCc1ccccc1)Cc1ccc(-n2cccn2)cc1. The number of hydrogen-bond acceptors (Lipinski definition) is 3. The molecule has 4 nitrogen and oxygen atoms in total. The molecule has 0 radical (unpaired) electrons. The highest BCUT2D eigenvalue weighted by atomic mass is 15.3. The van der Waals surface area contributed by atoms with Crippen molar-refractivity contribution in [3.05, 3.63) is 84.2 Å². The van der Waals surface area contributed by atoms with E-state index in [1.165, 1.54) is 11.1 Å². The van der Waals surface area contributed by atoms with Crippen LogP contribution in [0.25, 0.3) is 5.69 Å². The van der Waals surface area contributed by atoms with Gasteiger partial charge < -0.3 is 5.73 Å². The van der Waals surface area contributed by atoms with Crippen LogP contribution >= 0.6 is 0 Å². The lowest BCUT2D eigenvalue weighted by Crippen LogP contribution is -2.31. The molecule has 3 aromatic rings. The molecule has 0 saturated heterocycles. The molecule has 0 bridgehead atoms. The van der Waals surface area contributed by atoms with Crippen LogP contribution in [0.1, 0.15) is 11.1 Å². The molecular weight excluding hydrogens is 296 g/mol. The molecule has 1 heterocycles. The second-order valence-electron chi connectivity index (χ2n) is 5.92. The van der Waals surface area contributed by atoms with E-state index in [0.717, 1.165) is 31.7 Å². The summed E-state index contributed by atoms with van der Waals surface area (Å²) in [4.78, 5) is 2.41. The van der Waals surface area contributed by atoms with Crippen LogP contribution in [0.15, 0.2) is 73.1 Å². The normalized spacial score (nSPS) is 11.1. The minimum absolute atomic E-state index is 0.681. The highest BCUT2D eigenvalue weighted by Crippen LogP contribution is 2.11. The van der Waals surface area contributed by atoms with Crippen molar-refractivity contribution >= 4 is 0 Å². The molecule has 0 atom stereocenters. The van der Waals surface area contributed by atoms with Crippen molar-refractivity contribution in [3.8, 4) is 5.69 Å². The van der Waals surface area contributed by atoms with Crippen LogP contribution < -0.4 is 5.73 Å². The monoisotopic (exact) mass is 320 g/mol. The molecule has 0 fully saturated rings. The van der Waals surface area contributed by atoms with Crippen LogP contribution in [0.2, 0.25) is 0 Å². The van der Waals surface area contributed by atoms with E-state index in [4.69, 9.17) is 5.73 Å². The van der Waals surface area contributed by atoms with Crippen LogP contribution in [-0.4, -0.2) is 34.3 Å². The Labute approximate surface area is 143 Å². The number of nitrogens with two attached hydrogens (primary N) is 1. The first kappa shape index (κ1) is 16.4. The zero-order chi connectivity index (χ0) is 16.6. The van der Waals surface area contributed by atoms with Gasteiger partial charge in [0.1, 0.15) is 0 Å². The first-order valence-corrected chi connectivity index (χ1v) is 8.40. The van der Waals surface area contributed by atoms with Crippen molar-refractivity contribution in [2.75, 3.05) is 19.6 Å².